The minimum absolute atomic E-state index is 0. The highest BCUT2D eigenvalue weighted by atomic mass is 35.5. The van der Waals surface area contributed by atoms with Crippen molar-refractivity contribution in [3.63, 3.8) is 0 Å². The standard InChI is InChI=1S/C19H21ClN4OS.ClH/c1-11-14-10-17(18(25)22-13-8-6-12(21)7-9-13)26-19(14)24(23-11)16-5-3-2-4-15(16)20;/h2-5,10,12-13H,6-9,21H2,1H3,(H,22,25);1H. The number of carbonyl (C=O) groups is 1. The van der Waals surface area contributed by atoms with Crippen molar-refractivity contribution in [2.45, 2.75) is 44.7 Å². The summed E-state index contributed by atoms with van der Waals surface area (Å²) in [6.07, 6.45) is 3.84. The van der Waals surface area contributed by atoms with Crippen LogP contribution < -0.4 is 11.1 Å². The van der Waals surface area contributed by atoms with E-state index in [1.807, 2.05) is 41.9 Å². The molecule has 0 aliphatic heterocycles. The quantitative estimate of drug-likeness (QED) is 0.650. The molecule has 0 spiro atoms. The Labute approximate surface area is 173 Å². The summed E-state index contributed by atoms with van der Waals surface area (Å²) in [6.45, 7) is 1.95. The average Bonchev–Trinajstić information content (AvgIpc) is 3.19. The number of aryl methyl sites for hydroxylation is 1. The van der Waals surface area contributed by atoms with Gasteiger partial charge in [0.05, 0.1) is 21.3 Å². The lowest BCUT2D eigenvalue weighted by molar-refractivity contribution is 0.0930. The van der Waals surface area contributed by atoms with E-state index in [9.17, 15) is 4.79 Å². The second-order valence-corrected chi connectivity index (χ2v) is 8.30. The van der Waals surface area contributed by atoms with Crippen LogP contribution in [-0.4, -0.2) is 27.8 Å². The van der Waals surface area contributed by atoms with Crippen molar-refractivity contribution in [3.05, 3.63) is 45.9 Å². The molecule has 0 radical (unpaired) electrons. The van der Waals surface area contributed by atoms with E-state index in [0.29, 0.717) is 9.90 Å². The zero-order valence-electron chi connectivity index (χ0n) is 14.9. The number of thiophene rings is 1. The maximum atomic E-state index is 12.7. The highest BCUT2D eigenvalue weighted by Crippen LogP contribution is 2.32. The summed E-state index contributed by atoms with van der Waals surface area (Å²) in [4.78, 5) is 14.3. The Morgan fingerprint density at radius 2 is 2.00 bits per heavy atom. The number of rotatable bonds is 3. The normalized spacial score (nSPS) is 19.7. The summed E-state index contributed by atoms with van der Waals surface area (Å²) in [7, 11) is 0. The number of nitrogens with one attached hydrogen (secondary N) is 1. The number of hydrogen-bond acceptors (Lipinski definition) is 4. The Morgan fingerprint density at radius 3 is 2.70 bits per heavy atom. The predicted molar refractivity (Wildman–Crippen MR) is 114 cm³/mol. The van der Waals surface area contributed by atoms with Gasteiger partial charge in [0.25, 0.3) is 5.91 Å². The summed E-state index contributed by atoms with van der Waals surface area (Å²) in [6, 6.07) is 10.0. The van der Waals surface area contributed by atoms with Gasteiger partial charge in [-0.25, -0.2) is 4.68 Å². The van der Waals surface area contributed by atoms with Gasteiger partial charge in [0.2, 0.25) is 0 Å². The van der Waals surface area contributed by atoms with Crippen molar-refractivity contribution in [1.29, 1.82) is 0 Å². The van der Waals surface area contributed by atoms with Crippen molar-refractivity contribution in [2.24, 2.45) is 5.73 Å². The lowest BCUT2D eigenvalue weighted by atomic mass is 9.92. The molecule has 1 aliphatic carbocycles. The van der Waals surface area contributed by atoms with Crippen molar-refractivity contribution >= 4 is 51.5 Å². The molecule has 4 rings (SSSR count). The van der Waals surface area contributed by atoms with E-state index in [0.717, 1.165) is 47.3 Å². The van der Waals surface area contributed by atoms with E-state index in [2.05, 4.69) is 10.4 Å². The Kier molecular flexibility index (Phi) is 6.11. The van der Waals surface area contributed by atoms with Gasteiger partial charge in [0.1, 0.15) is 4.83 Å². The van der Waals surface area contributed by atoms with Crippen LogP contribution in [0.25, 0.3) is 15.9 Å². The minimum atomic E-state index is -0.0169. The van der Waals surface area contributed by atoms with Crippen molar-refractivity contribution in [3.8, 4) is 5.69 Å². The van der Waals surface area contributed by atoms with E-state index >= 15 is 0 Å². The van der Waals surface area contributed by atoms with Crippen LogP contribution in [0.15, 0.2) is 30.3 Å². The first-order valence-corrected chi connectivity index (χ1v) is 10.0. The molecule has 0 unspecified atom stereocenters. The predicted octanol–water partition coefficient (Wildman–Crippen LogP) is 4.47. The number of halogens is 2. The van der Waals surface area contributed by atoms with E-state index in [1.54, 1.807) is 0 Å². The molecular formula is C19H22Cl2N4OS. The molecule has 1 aliphatic rings. The van der Waals surface area contributed by atoms with E-state index in [1.165, 1.54) is 11.3 Å². The number of fused-ring (bicyclic) bond motifs is 1. The van der Waals surface area contributed by atoms with E-state index in [4.69, 9.17) is 17.3 Å². The van der Waals surface area contributed by atoms with Gasteiger partial charge >= 0.3 is 0 Å². The molecule has 0 saturated heterocycles. The second-order valence-electron chi connectivity index (χ2n) is 6.86. The fraction of sp³-hybridized carbons (Fsp3) is 0.368. The molecule has 1 fully saturated rings. The number of benzene rings is 1. The fourth-order valence-electron chi connectivity index (χ4n) is 3.47. The zero-order valence-corrected chi connectivity index (χ0v) is 17.3. The maximum absolute atomic E-state index is 12.7. The molecule has 3 N–H and O–H groups in total. The number of nitrogens with two attached hydrogens (primary N) is 1. The number of nitrogens with zero attached hydrogens (tertiary/aromatic N) is 2. The molecule has 3 aromatic rings. The summed E-state index contributed by atoms with van der Waals surface area (Å²) < 4.78 is 1.83. The second kappa shape index (κ2) is 8.19. The van der Waals surface area contributed by atoms with Crippen LogP contribution in [0.1, 0.15) is 41.0 Å². The Hall–Kier alpha value is -1.60. The average molecular weight is 425 g/mol. The third-order valence-electron chi connectivity index (χ3n) is 4.96. The number of hydrogen-bond donors (Lipinski definition) is 2. The molecule has 1 amide bonds. The highest BCUT2D eigenvalue weighted by molar-refractivity contribution is 7.20. The Balaban J connectivity index is 0.00000210. The summed E-state index contributed by atoms with van der Waals surface area (Å²) >= 11 is 7.78. The van der Waals surface area contributed by atoms with Crippen LogP contribution in [0.5, 0.6) is 0 Å². The molecule has 0 atom stereocenters. The molecular weight excluding hydrogens is 403 g/mol. The zero-order chi connectivity index (χ0) is 18.3. The smallest absolute Gasteiger partial charge is 0.261 e. The van der Waals surface area contributed by atoms with Crippen LogP contribution in [0.3, 0.4) is 0 Å². The number of amides is 1. The maximum Gasteiger partial charge on any atom is 0.261 e. The SMILES string of the molecule is Cc1nn(-c2ccccc2Cl)c2sc(C(=O)NC3CCC(N)CC3)cc12.Cl. The molecule has 2 aromatic heterocycles. The molecule has 27 heavy (non-hydrogen) atoms. The molecule has 2 heterocycles. The molecule has 1 aromatic carbocycles. The van der Waals surface area contributed by atoms with Crippen LogP contribution in [0, 0.1) is 6.92 Å². The molecule has 144 valence electrons. The van der Waals surface area contributed by atoms with Gasteiger partial charge in [0, 0.05) is 17.5 Å². The monoisotopic (exact) mass is 424 g/mol. The van der Waals surface area contributed by atoms with Gasteiger partial charge < -0.3 is 11.1 Å². The lowest BCUT2D eigenvalue weighted by Gasteiger charge is -2.26. The fourth-order valence-corrected chi connectivity index (χ4v) is 4.76. The van der Waals surface area contributed by atoms with Gasteiger partial charge in [0.15, 0.2) is 0 Å². The van der Waals surface area contributed by atoms with Crippen molar-refractivity contribution < 1.29 is 4.79 Å². The van der Waals surface area contributed by atoms with Crippen molar-refractivity contribution in [1.82, 2.24) is 15.1 Å². The highest BCUT2D eigenvalue weighted by Gasteiger charge is 2.23. The molecule has 1 saturated carbocycles. The van der Waals surface area contributed by atoms with Crippen LogP contribution in [0.4, 0.5) is 0 Å². The summed E-state index contributed by atoms with van der Waals surface area (Å²) in [5.41, 5.74) is 7.66. The van der Waals surface area contributed by atoms with Gasteiger partial charge in [-0.3, -0.25) is 4.79 Å². The van der Waals surface area contributed by atoms with Gasteiger partial charge in [-0.2, -0.15) is 5.10 Å². The molecule has 5 nitrogen and oxygen atoms in total. The Bertz CT molecular complexity index is 960. The minimum Gasteiger partial charge on any atom is -0.349 e. The van der Waals surface area contributed by atoms with E-state index < -0.39 is 0 Å². The largest absolute Gasteiger partial charge is 0.349 e. The number of aromatic nitrogens is 2. The Morgan fingerprint density at radius 1 is 1.30 bits per heavy atom. The molecule has 0 bridgehead atoms. The summed E-state index contributed by atoms with van der Waals surface area (Å²) in [5.74, 6) is -0.0169. The van der Waals surface area contributed by atoms with E-state index in [-0.39, 0.29) is 30.4 Å². The van der Waals surface area contributed by atoms with Crippen LogP contribution >= 0.6 is 35.3 Å². The molecule has 8 heteroatoms. The third kappa shape index (κ3) is 3.99. The van der Waals surface area contributed by atoms with Crippen LogP contribution in [-0.2, 0) is 0 Å². The van der Waals surface area contributed by atoms with Gasteiger partial charge in [-0.15, -0.1) is 23.7 Å². The van der Waals surface area contributed by atoms with Gasteiger partial charge in [-0.05, 0) is 50.8 Å². The van der Waals surface area contributed by atoms with Crippen molar-refractivity contribution in [2.75, 3.05) is 0 Å². The third-order valence-corrected chi connectivity index (χ3v) is 6.39. The lowest BCUT2D eigenvalue weighted by Crippen LogP contribution is -2.40. The van der Waals surface area contributed by atoms with Gasteiger partial charge in [-0.1, -0.05) is 23.7 Å². The first-order chi connectivity index (χ1) is 12.5. The topological polar surface area (TPSA) is 72.9 Å². The van der Waals surface area contributed by atoms with Crippen LogP contribution in [0.2, 0.25) is 5.02 Å². The first kappa shape index (κ1) is 20.1. The first-order valence-electron chi connectivity index (χ1n) is 8.83. The number of para-hydroxylation sites is 1. The number of carbonyl (C=O) groups excluding carboxylic acids is 1. The summed E-state index contributed by atoms with van der Waals surface area (Å²) in [5, 5.41) is 9.38.